The van der Waals surface area contributed by atoms with E-state index < -0.39 is 0 Å². The van der Waals surface area contributed by atoms with Gasteiger partial charge in [0.25, 0.3) is 0 Å². The number of rotatable bonds is 4. The van der Waals surface area contributed by atoms with Gasteiger partial charge >= 0.3 is 0 Å². The van der Waals surface area contributed by atoms with Crippen LogP contribution in [-0.4, -0.2) is 11.0 Å². The number of hydrogen-bond donors (Lipinski definition) is 1. The molecule has 4 heteroatoms. The lowest BCUT2D eigenvalue weighted by Gasteiger charge is -2.02. The highest BCUT2D eigenvalue weighted by Gasteiger charge is 2.04. The highest BCUT2D eigenvalue weighted by Crippen LogP contribution is 2.08. The maximum Gasteiger partial charge on any atom is 0.188 e. The van der Waals surface area contributed by atoms with Crippen molar-refractivity contribution in [1.82, 2.24) is 0 Å². The molecule has 0 saturated heterocycles. The van der Waals surface area contributed by atoms with E-state index in [4.69, 9.17) is 10.7 Å². The maximum absolute atomic E-state index is 8.89. The van der Waals surface area contributed by atoms with Crippen LogP contribution in [0.4, 0.5) is 0 Å². The van der Waals surface area contributed by atoms with Crippen LogP contribution in [0.1, 0.15) is 12.0 Å². The summed E-state index contributed by atoms with van der Waals surface area (Å²) in [5, 5.41) is 16.0. The zero-order valence-electron chi connectivity index (χ0n) is 8.73. The molecule has 0 fully saturated rings. The first-order valence-corrected chi connectivity index (χ1v) is 5.73. The summed E-state index contributed by atoms with van der Waals surface area (Å²) in [6, 6.07) is 12.2. The number of nitrogens with one attached hydrogen (secondary N) is 1. The van der Waals surface area contributed by atoms with Crippen LogP contribution in [0.2, 0.25) is 0 Å². The Kier molecular flexibility index (Phi) is 5.44. The molecule has 1 N–H and O–H groups in total. The Morgan fingerprint density at radius 3 is 2.75 bits per heavy atom. The lowest BCUT2D eigenvalue weighted by molar-refractivity contribution is 0.763. The van der Waals surface area contributed by atoms with Gasteiger partial charge in [0.05, 0.1) is 12.0 Å². The minimum Gasteiger partial charge on any atom is -0.277 e. The molecule has 16 heavy (non-hydrogen) atoms. The molecule has 0 saturated carbocycles. The molecule has 0 amide bonds. The number of halogens is 1. The second kappa shape index (κ2) is 6.91. The monoisotopic (exact) mass is 277 g/mol. The first-order chi connectivity index (χ1) is 7.72. The van der Waals surface area contributed by atoms with Crippen LogP contribution < -0.4 is 0 Å². The zero-order valence-corrected chi connectivity index (χ0v) is 10.3. The topological polar surface area (TPSA) is 60.0 Å². The summed E-state index contributed by atoms with van der Waals surface area (Å²) in [5.41, 5.74) is 1.21. The smallest absolute Gasteiger partial charge is 0.188 e. The summed E-state index contributed by atoms with van der Waals surface area (Å²) in [6.07, 6.45) is 3.09. The van der Waals surface area contributed by atoms with E-state index in [2.05, 4.69) is 27.0 Å². The van der Waals surface area contributed by atoms with E-state index in [1.807, 2.05) is 30.3 Å². The Morgan fingerprint density at radius 2 is 2.19 bits per heavy atom. The fourth-order valence-corrected chi connectivity index (χ4v) is 1.41. The molecule has 0 aliphatic carbocycles. The predicted octanol–water partition coefficient (Wildman–Crippen LogP) is 3.16. The van der Waals surface area contributed by atoms with Crippen molar-refractivity contribution in [2.75, 3.05) is 0 Å². The summed E-state index contributed by atoms with van der Waals surface area (Å²) in [7, 11) is 0. The number of hydrogen-bond acceptors (Lipinski definition) is 2. The van der Waals surface area contributed by atoms with Gasteiger partial charge in [0, 0.05) is 6.21 Å². The third-order valence-corrected chi connectivity index (χ3v) is 2.33. The van der Waals surface area contributed by atoms with Gasteiger partial charge in [0.15, 0.2) is 4.74 Å². The molecule has 0 aliphatic heterocycles. The molecule has 0 spiro atoms. The zero-order chi connectivity index (χ0) is 11.8. The summed E-state index contributed by atoms with van der Waals surface area (Å²) >= 11 is 2.90. The molecular weight excluding hydrogens is 266 g/mol. The Morgan fingerprint density at radius 1 is 1.50 bits per heavy atom. The van der Waals surface area contributed by atoms with Gasteiger partial charge < -0.3 is 0 Å². The Labute approximate surface area is 103 Å². The van der Waals surface area contributed by atoms with Crippen molar-refractivity contribution in [3.63, 3.8) is 0 Å². The third-order valence-electron chi connectivity index (χ3n) is 2.12. The SMILES string of the molecule is N#C[C@H](C=NC(=N)Br)CCc1ccccc1. The molecule has 0 aliphatic rings. The Bertz CT molecular complexity index is 406. The van der Waals surface area contributed by atoms with E-state index in [1.54, 1.807) is 0 Å². The number of benzene rings is 1. The van der Waals surface area contributed by atoms with Gasteiger partial charge in [-0.2, -0.15) is 5.26 Å². The van der Waals surface area contributed by atoms with Crippen molar-refractivity contribution >= 4 is 26.9 Å². The van der Waals surface area contributed by atoms with Crippen LogP contribution in [0.25, 0.3) is 0 Å². The van der Waals surface area contributed by atoms with Gasteiger partial charge in [-0.1, -0.05) is 30.3 Å². The quantitative estimate of drug-likeness (QED) is 0.513. The van der Waals surface area contributed by atoms with Crippen molar-refractivity contribution in [3.05, 3.63) is 35.9 Å². The molecule has 0 heterocycles. The van der Waals surface area contributed by atoms with E-state index in [-0.39, 0.29) is 10.7 Å². The van der Waals surface area contributed by atoms with E-state index in [0.29, 0.717) is 0 Å². The van der Waals surface area contributed by atoms with Crippen molar-refractivity contribution < 1.29 is 0 Å². The van der Waals surface area contributed by atoms with Crippen LogP contribution in [0.3, 0.4) is 0 Å². The third kappa shape index (κ3) is 4.85. The van der Waals surface area contributed by atoms with Gasteiger partial charge in [-0.05, 0) is 34.3 Å². The fraction of sp³-hybridized carbons (Fsp3) is 0.250. The molecule has 1 aromatic carbocycles. The standard InChI is InChI=1S/C12H12BrN3/c13-12(15)16-9-11(8-14)7-6-10-4-2-1-3-5-10/h1-5,9,11,15H,6-7H2/t11-/m1/s1. The second-order valence-corrected chi connectivity index (χ2v) is 4.08. The van der Waals surface area contributed by atoms with Crippen LogP contribution in [-0.2, 0) is 6.42 Å². The second-order valence-electron chi connectivity index (χ2n) is 3.33. The fourth-order valence-electron chi connectivity index (χ4n) is 1.29. The van der Waals surface area contributed by atoms with Gasteiger partial charge in [0.1, 0.15) is 0 Å². The van der Waals surface area contributed by atoms with Gasteiger partial charge in [-0.3, -0.25) is 5.41 Å². The van der Waals surface area contributed by atoms with E-state index in [9.17, 15) is 0 Å². The lowest BCUT2D eigenvalue weighted by Crippen LogP contribution is -2.01. The van der Waals surface area contributed by atoms with Crippen LogP contribution in [0, 0.1) is 22.7 Å². The molecule has 1 rings (SSSR count). The molecule has 0 aromatic heterocycles. The predicted molar refractivity (Wildman–Crippen MR) is 69.0 cm³/mol. The number of nitrogens with zero attached hydrogens (tertiary/aromatic N) is 2. The summed E-state index contributed by atoms with van der Waals surface area (Å²) in [5.74, 6) is -0.238. The van der Waals surface area contributed by atoms with Crippen LogP contribution >= 0.6 is 15.9 Å². The summed E-state index contributed by atoms with van der Waals surface area (Å²) in [4.78, 5) is 3.76. The number of aliphatic imine (C=N–C) groups is 1. The van der Waals surface area contributed by atoms with Crippen LogP contribution in [0.15, 0.2) is 35.3 Å². The first-order valence-electron chi connectivity index (χ1n) is 4.94. The minimum absolute atomic E-state index is 0.0486. The van der Waals surface area contributed by atoms with Gasteiger partial charge in [0.2, 0.25) is 0 Å². The Balaban J connectivity index is 2.47. The molecule has 82 valence electrons. The van der Waals surface area contributed by atoms with Crippen molar-refractivity contribution in [3.8, 4) is 6.07 Å². The van der Waals surface area contributed by atoms with Crippen molar-refractivity contribution in [2.45, 2.75) is 12.8 Å². The molecule has 0 radical (unpaired) electrons. The molecule has 3 nitrogen and oxygen atoms in total. The lowest BCUT2D eigenvalue weighted by atomic mass is 10.0. The normalized spacial score (nSPS) is 12.2. The molecule has 1 aromatic rings. The first kappa shape index (κ1) is 12.6. The van der Waals surface area contributed by atoms with Crippen molar-refractivity contribution in [1.29, 1.82) is 10.7 Å². The van der Waals surface area contributed by atoms with Crippen LogP contribution in [0.5, 0.6) is 0 Å². The van der Waals surface area contributed by atoms with Gasteiger partial charge in [-0.15, -0.1) is 0 Å². The van der Waals surface area contributed by atoms with Crippen molar-refractivity contribution in [2.24, 2.45) is 10.9 Å². The number of amidine groups is 1. The van der Waals surface area contributed by atoms with E-state index in [0.717, 1.165) is 12.8 Å². The van der Waals surface area contributed by atoms with Gasteiger partial charge in [-0.25, -0.2) is 4.99 Å². The summed E-state index contributed by atoms with van der Waals surface area (Å²) in [6.45, 7) is 0. The number of aryl methyl sites for hydroxylation is 1. The average molecular weight is 278 g/mol. The molecule has 1 atom stereocenters. The highest BCUT2D eigenvalue weighted by molar-refractivity contribution is 9.18. The Hall–Kier alpha value is -1.47. The average Bonchev–Trinajstić information content (AvgIpc) is 2.30. The molecule has 0 unspecified atom stereocenters. The minimum atomic E-state index is -0.238. The van der Waals surface area contributed by atoms with E-state index >= 15 is 0 Å². The molecular formula is C12H12BrN3. The highest BCUT2D eigenvalue weighted by atomic mass is 79.9. The number of nitriles is 1. The molecule has 0 bridgehead atoms. The van der Waals surface area contributed by atoms with E-state index in [1.165, 1.54) is 11.8 Å². The largest absolute Gasteiger partial charge is 0.277 e. The maximum atomic E-state index is 8.89. The summed E-state index contributed by atoms with van der Waals surface area (Å²) < 4.78 is 0.0486.